The standard InChI is InChI=1S/C11H23S.FHO3S/c1-10(2,3)8-9(12(8)7)11(4,5)6;1-5(2,3)4/h8-9H,1-7H3;(H,2,3,4)/q+1;/p-1. The van der Waals surface area contributed by atoms with E-state index in [1.165, 1.54) is 0 Å². The van der Waals surface area contributed by atoms with E-state index in [9.17, 15) is 3.89 Å². The fourth-order valence-electron chi connectivity index (χ4n) is 2.33. The Labute approximate surface area is 108 Å². The molecule has 0 bridgehead atoms. The molecule has 1 rings (SSSR count). The van der Waals surface area contributed by atoms with Crippen molar-refractivity contribution >= 4 is 21.4 Å². The first-order valence-corrected chi connectivity index (χ1v) is 8.51. The van der Waals surface area contributed by atoms with Gasteiger partial charge in [-0.2, -0.15) is 0 Å². The Morgan fingerprint density at radius 1 is 1.00 bits per heavy atom. The lowest BCUT2D eigenvalue weighted by Gasteiger charge is -2.16. The largest absolute Gasteiger partial charge is 0.722 e. The molecule has 0 aromatic rings. The molecule has 1 saturated heterocycles. The number of rotatable bonds is 0. The van der Waals surface area contributed by atoms with Gasteiger partial charge >= 0.3 is 0 Å². The second-order valence-electron chi connectivity index (χ2n) is 6.57. The molecule has 104 valence electrons. The highest BCUT2D eigenvalue weighted by atomic mass is 32.3. The molecule has 2 atom stereocenters. The maximum Gasteiger partial charge on any atom is 0.255 e. The molecule has 0 aliphatic carbocycles. The van der Waals surface area contributed by atoms with Crippen LogP contribution in [-0.2, 0) is 21.4 Å². The Morgan fingerprint density at radius 2 is 1.18 bits per heavy atom. The molecule has 0 spiro atoms. The smallest absolute Gasteiger partial charge is 0.255 e. The third kappa shape index (κ3) is 6.62. The molecule has 0 N–H and O–H groups in total. The summed E-state index contributed by atoms with van der Waals surface area (Å²) >= 11 is 0. The van der Waals surface area contributed by atoms with Crippen LogP contribution in [0, 0.1) is 10.8 Å². The van der Waals surface area contributed by atoms with Gasteiger partial charge in [0.25, 0.3) is 10.5 Å². The first-order valence-electron chi connectivity index (χ1n) is 5.44. The van der Waals surface area contributed by atoms with Gasteiger partial charge in [-0.15, -0.1) is 3.89 Å². The van der Waals surface area contributed by atoms with Gasteiger partial charge in [0, 0.05) is 21.7 Å². The van der Waals surface area contributed by atoms with Gasteiger partial charge in [0.2, 0.25) is 0 Å². The fraction of sp³-hybridized carbons (Fsp3) is 1.00. The maximum absolute atomic E-state index is 10.1. The minimum atomic E-state index is -5.42. The highest BCUT2D eigenvalue weighted by Crippen LogP contribution is 2.53. The molecule has 2 unspecified atom stereocenters. The zero-order valence-electron chi connectivity index (χ0n) is 11.6. The minimum Gasteiger partial charge on any atom is -0.722 e. The summed E-state index contributed by atoms with van der Waals surface area (Å²) in [6.45, 7) is 14.3. The van der Waals surface area contributed by atoms with Crippen molar-refractivity contribution in [3.05, 3.63) is 0 Å². The predicted molar refractivity (Wildman–Crippen MR) is 70.6 cm³/mol. The van der Waals surface area contributed by atoms with Gasteiger partial charge in [-0.25, -0.2) is 8.42 Å². The molecule has 1 heterocycles. The monoisotopic (exact) mass is 286 g/mol. The minimum absolute atomic E-state index is 0.524. The summed E-state index contributed by atoms with van der Waals surface area (Å²) in [5.41, 5.74) is 1.05. The van der Waals surface area contributed by atoms with E-state index in [-0.39, 0.29) is 0 Å². The van der Waals surface area contributed by atoms with Crippen LogP contribution in [-0.4, -0.2) is 29.7 Å². The summed E-state index contributed by atoms with van der Waals surface area (Å²) in [4.78, 5) is 0. The molecule has 0 aromatic carbocycles. The van der Waals surface area contributed by atoms with Crippen LogP contribution in [0.25, 0.3) is 0 Å². The van der Waals surface area contributed by atoms with Crippen molar-refractivity contribution in [2.24, 2.45) is 10.8 Å². The Kier molecular flexibility index (Phi) is 5.11. The summed E-state index contributed by atoms with van der Waals surface area (Å²) in [5, 5.41) is 1.94. The molecule has 0 aromatic heterocycles. The van der Waals surface area contributed by atoms with Gasteiger partial charge in [-0.3, -0.25) is 0 Å². The molecule has 3 nitrogen and oxygen atoms in total. The second kappa shape index (κ2) is 5.05. The van der Waals surface area contributed by atoms with Crippen LogP contribution in [0.5, 0.6) is 0 Å². The van der Waals surface area contributed by atoms with Crippen LogP contribution in [0.3, 0.4) is 0 Å². The molecular formula is C11H23FO3S2. The third-order valence-corrected chi connectivity index (χ3v) is 5.95. The summed E-state index contributed by atoms with van der Waals surface area (Å²) in [5.74, 6) is 0. The fourth-order valence-corrected chi connectivity index (χ4v) is 6.32. The second-order valence-corrected chi connectivity index (χ2v) is 9.59. The van der Waals surface area contributed by atoms with Crippen molar-refractivity contribution in [1.82, 2.24) is 0 Å². The normalized spacial score (nSPS) is 29.4. The first kappa shape index (κ1) is 17.2. The van der Waals surface area contributed by atoms with Gasteiger partial charge in [0.1, 0.15) is 0 Å². The van der Waals surface area contributed by atoms with Crippen LogP contribution in [0.4, 0.5) is 3.89 Å². The molecule has 0 saturated carbocycles. The van der Waals surface area contributed by atoms with Crippen molar-refractivity contribution in [1.29, 1.82) is 0 Å². The Hall–Kier alpha value is 0.190. The lowest BCUT2D eigenvalue weighted by molar-refractivity contribution is 0.335. The van der Waals surface area contributed by atoms with Crippen molar-refractivity contribution in [2.45, 2.75) is 52.0 Å². The van der Waals surface area contributed by atoms with Crippen molar-refractivity contribution in [3.8, 4) is 0 Å². The van der Waals surface area contributed by atoms with Crippen molar-refractivity contribution in [2.75, 3.05) is 6.26 Å². The average Bonchev–Trinajstić information content (AvgIpc) is 2.53. The van der Waals surface area contributed by atoms with Gasteiger partial charge in [0.15, 0.2) is 10.5 Å². The highest BCUT2D eigenvalue weighted by molar-refractivity contribution is 8.04. The van der Waals surface area contributed by atoms with E-state index in [0.717, 1.165) is 10.5 Å². The third-order valence-electron chi connectivity index (χ3n) is 2.71. The van der Waals surface area contributed by atoms with Gasteiger partial charge in [-0.1, -0.05) is 41.5 Å². The Balaban J connectivity index is 0.000000437. The number of hydrogen-bond acceptors (Lipinski definition) is 3. The van der Waals surface area contributed by atoms with E-state index in [4.69, 9.17) is 13.0 Å². The Bertz CT molecular complexity index is 324. The molecular weight excluding hydrogens is 263 g/mol. The zero-order valence-corrected chi connectivity index (χ0v) is 13.2. The van der Waals surface area contributed by atoms with E-state index in [0.29, 0.717) is 21.7 Å². The van der Waals surface area contributed by atoms with Crippen LogP contribution in [0.2, 0.25) is 0 Å². The lowest BCUT2D eigenvalue weighted by atomic mass is 9.81. The van der Waals surface area contributed by atoms with E-state index >= 15 is 0 Å². The molecule has 1 fully saturated rings. The van der Waals surface area contributed by atoms with Crippen LogP contribution >= 0.6 is 0 Å². The summed E-state index contributed by atoms with van der Waals surface area (Å²) in [6, 6.07) is 0. The van der Waals surface area contributed by atoms with Crippen molar-refractivity contribution < 1.29 is 16.9 Å². The van der Waals surface area contributed by atoms with Crippen LogP contribution < -0.4 is 0 Å². The number of hydrogen-bond donors (Lipinski definition) is 0. The zero-order chi connectivity index (χ0) is 14.2. The highest BCUT2D eigenvalue weighted by Gasteiger charge is 2.69. The van der Waals surface area contributed by atoms with E-state index < -0.39 is 10.5 Å². The van der Waals surface area contributed by atoms with Crippen molar-refractivity contribution in [3.63, 3.8) is 0 Å². The molecule has 1 aliphatic rings. The lowest BCUT2D eigenvalue weighted by Crippen LogP contribution is -2.23. The van der Waals surface area contributed by atoms with Crippen LogP contribution in [0.15, 0.2) is 0 Å². The molecule has 0 amide bonds. The van der Waals surface area contributed by atoms with E-state index in [1.54, 1.807) is 0 Å². The van der Waals surface area contributed by atoms with Gasteiger partial charge in [-0.05, 0) is 0 Å². The maximum atomic E-state index is 10.1. The average molecular weight is 286 g/mol. The Morgan fingerprint density at radius 3 is 1.24 bits per heavy atom. The topological polar surface area (TPSA) is 57.2 Å². The predicted octanol–water partition coefficient (Wildman–Crippen LogP) is 2.49. The van der Waals surface area contributed by atoms with Gasteiger partial charge < -0.3 is 4.55 Å². The molecule has 17 heavy (non-hydrogen) atoms. The summed E-state index contributed by atoms with van der Waals surface area (Å²) < 4.78 is 35.3. The number of halogens is 1. The quantitative estimate of drug-likeness (QED) is 0.297. The van der Waals surface area contributed by atoms with Crippen LogP contribution in [0.1, 0.15) is 41.5 Å². The summed E-state index contributed by atoms with van der Waals surface area (Å²) in [7, 11) is -4.74. The summed E-state index contributed by atoms with van der Waals surface area (Å²) in [6.07, 6.45) is 2.44. The molecule has 1 aliphatic heterocycles. The molecule has 6 heteroatoms. The van der Waals surface area contributed by atoms with E-state index in [2.05, 4.69) is 47.8 Å². The molecule has 0 radical (unpaired) electrons. The van der Waals surface area contributed by atoms with Gasteiger partial charge in [0.05, 0.1) is 6.26 Å². The SMILES string of the molecule is C[S+]1C(C(C)(C)C)C1C(C)(C)C.O=S(=O)([O-])F. The first-order chi connectivity index (χ1) is 7.15. The van der Waals surface area contributed by atoms with E-state index in [1.807, 2.05) is 0 Å².